The summed E-state index contributed by atoms with van der Waals surface area (Å²) in [7, 11) is 0. The number of aromatic carboxylic acids is 1. The van der Waals surface area contributed by atoms with Gasteiger partial charge in [-0.25, -0.2) is 4.79 Å². The molecule has 0 unspecified atom stereocenters. The molecule has 82 valence electrons. The van der Waals surface area contributed by atoms with Crippen molar-refractivity contribution in [3.8, 4) is 0 Å². The summed E-state index contributed by atoms with van der Waals surface area (Å²) >= 11 is 0. The number of hydrogen-bond donors (Lipinski definition) is 1. The topological polar surface area (TPSA) is 37.3 Å². The van der Waals surface area contributed by atoms with Gasteiger partial charge >= 0.3 is 5.97 Å². The molecular formula is C13H18O2. The molecular weight excluding hydrogens is 188 g/mol. The van der Waals surface area contributed by atoms with Crippen molar-refractivity contribution in [3.63, 3.8) is 0 Å². The predicted molar refractivity (Wildman–Crippen MR) is 61.3 cm³/mol. The normalized spacial score (nSPS) is 11.4. The molecule has 15 heavy (non-hydrogen) atoms. The van der Waals surface area contributed by atoms with Gasteiger partial charge in [-0.05, 0) is 29.5 Å². The van der Waals surface area contributed by atoms with Crippen LogP contribution in [0.1, 0.15) is 49.5 Å². The van der Waals surface area contributed by atoms with Crippen LogP contribution in [0.3, 0.4) is 0 Å². The lowest BCUT2D eigenvalue weighted by Crippen LogP contribution is -2.17. The van der Waals surface area contributed by atoms with E-state index in [0.29, 0.717) is 5.56 Å². The van der Waals surface area contributed by atoms with E-state index in [-0.39, 0.29) is 5.41 Å². The lowest BCUT2D eigenvalue weighted by molar-refractivity contribution is 0.0696. The summed E-state index contributed by atoms with van der Waals surface area (Å²) in [4.78, 5) is 10.8. The summed E-state index contributed by atoms with van der Waals surface area (Å²) in [6, 6.07) is 7.23. The maximum absolute atomic E-state index is 10.8. The molecule has 0 aliphatic rings. The van der Waals surface area contributed by atoms with Crippen LogP contribution in [0, 0.1) is 0 Å². The molecule has 0 aliphatic heterocycles. The second-order valence-electron chi connectivity index (χ2n) is 4.52. The SMILES string of the molecule is CCCC(C)(C)c1cccc(C(=O)O)c1. The minimum absolute atomic E-state index is 0.0558. The minimum atomic E-state index is -0.857. The van der Waals surface area contributed by atoms with Crippen molar-refractivity contribution in [1.29, 1.82) is 0 Å². The van der Waals surface area contributed by atoms with Crippen molar-refractivity contribution in [1.82, 2.24) is 0 Å². The summed E-state index contributed by atoms with van der Waals surface area (Å²) in [5, 5.41) is 8.90. The maximum Gasteiger partial charge on any atom is 0.335 e. The highest BCUT2D eigenvalue weighted by atomic mass is 16.4. The second-order valence-corrected chi connectivity index (χ2v) is 4.52. The molecule has 0 atom stereocenters. The summed E-state index contributed by atoms with van der Waals surface area (Å²) in [5.74, 6) is -0.857. The molecule has 0 aliphatic carbocycles. The fraction of sp³-hybridized carbons (Fsp3) is 0.462. The van der Waals surface area contributed by atoms with Crippen molar-refractivity contribution in [2.75, 3.05) is 0 Å². The maximum atomic E-state index is 10.8. The Hall–Kier alpha value is -1.31. The number of carboxylic acid groups (broad SMARTS) is 1. The minimum Gasteiger partial charge on any atom is -0.478 e. The molecule has 0 saturated heterocycles. The van der Waals surface area contributed by atoms with Gasteiger partial charge in [-0.3, -0.25) is 0 Å². The van der Waals surface area contributed by atoms with Crippen LogP contribution in [-0.4, -0.2) is 11.1 Å². The van der Waals surface area contributed by atoms with Crippen LogP contribution in [0.5, 0.6) is 0 Å². The predicted octanol–water partition coefficient (Wildman–Crippen LogP) is 3.46. The first kappa shape index (κ1) is 11.8. The first-order valence-corrected chi connectivity index (χ1v) is 5.31. The van der Waals surface area contributed by atoms with Crippen LogP contribution < -0.4 is 0 Å². The zero-order valence-electron chi connectivity index (χ0n) is 9.58. The van der Waals surface area contributed by atoms with Crippen molar-refractivity contribution in [2.24, 2.45) is 0 Å². The van der Waals surface area contributed by atoms with Gasteiger partial charge in [-0.2, -0.15) is 0 Å². The average molecular weight is 206 g/mol. The van der Waals surface area contributed by atoms with E-state index in [0.717, 1.165) is 18.4 Å². The van der Waals surface area contributed by atoms with Gasteiger partial charge < -0.3 is 5.11 Å². The van der Waals surface area contributed by atoms with E-state index >= 15 is 0 Å². The zero-order valence-corrected chi connectivity index (χ0v) is 9.58. The summed E-state index contributed by atoms with van der Waals surface area (Å²) in [6.07, 6.45) is 2.17. The second kappa shape index (κ2) is 4.47. The molecule has 0 aromatic heterocycles. The quantitative estimate of drug-likeness (QED) is 0.819. The van der Waals surface area contributed by atoms with E-state index in [9.17, 15) is 4.79 Å². The molecule has 2 heteroatoms. The molecule has 0 spiro atoms. The van der Waals surface area contributed by atoms with Gasteiger partial charge in [0.2, 0.25) is 0 Å². The van der Waals surface area contributed by atoms with E-state index in [2.05, 4.69) is 20.8 Å². The van der Waals surface area contributed by atoms with E-state index in [4.69, 9.17) is 5.11 Å². The van der Waals surface area contributed by atoms with E-state index in [1.807, 2.05) is 12.1 Å². The van der Waals surface area contributed by atoms with Crippen molar-refractivity contribution >= 4 is 5.97 Å². The molecule has 1 rings (SSSR count). The fourth-order valence-corrected chi connectivity index (χ4v) is 1.84. The lowest BCUT2D eigenvalue weighted by Gasteiger charge is -2.24. The lowest BCUT2D eigenvalue weighted by atomic mass is 9.80. The molecule has 1 aromatic carbocycles. The van der Waals surface area contributed by atoms with Crippen molar-refractivity contribution in [3.05, 3.63) is 35.4 Å². The van der Waals surface area contributed by atoms with Gasteiger partial charge in [-0.15, -0.1) is 0 Å². The van der Waals surface area contributed by atoms with Gasteiger partial charge in [0.15, 0.2) is 0 Å². The van der Waals surface area contributed by atoms with E-state index in [1.165, 1.54) is 0 Å². The third-order valence-corrected chi connectivity index (χ3v) is 2.77. The van der Waals surface area contributed by atoms with Crippen LogP contribution in [-0.2, 0) is 5.41 Å². The monoisotopic (exact) mass is 206 g/mol. The highest BCUT2D eigenvalue weighted by Gasteiger charge is 2.20. The van der Waals surface area contributed by atoms with E-state index < -0.39 is 5.97 Å². The molecule has 1 N–H and O–H groups in total. The third-order valence-electron chi connectivity index (χ3n) is 2.77. The molecule has 0 amide bonds. The van der Waals surface area contributed by atoms with E-state index in [1.54, 1.807) is 12.1 Å². The molecule has 0 radical (unpaired) electrons. The van der Waals surface area contributed by atoms with Gasteiger partial charge in [0.05, 0.1) is 5.56 Å². The molecule has 2 nitrogen and oxygen atoms in total. The first-order chi connectivity index (χ1) is 6.97. The Balaban J connectivity index is 3.04. The summed E-state index contributed by atoms with van der Waals surface area (Å²) in [5.41, 5.74) is 1.53. The van der Waals surface area contributed by atoms with Crippen LogP contribution >= 0.6 is 0 Å². The number of carbonyl (C=O) groups is 1. The van der Waals surface area contributed by atoms with Gasteiger partial charge in [-0.1, -0.05) is 39.3 Å². The first-order valence-electron chi connectivity index (χ1n) is 5.31. The molecule has 0 saturated carbocycles. The number of carboxylic acids is 1. The molecule has 0 bridgehead atoms. The Labute approximate surface area is 90.9 Å². The number of benzene rings is 1. The smallest absolute Gasteiger partial charge is 0.335 e. The van der Waals surface area contributed by atoms with Gasteiger partial charge in [0.25, 0.3) is 0 Å². The van der Waals surface area contributed by atoms with Crippen LogP contribution in [0.4, 0.5) is 0 Å². The Morgan fingerprint density at radius 3 is 2.60 bits per heavy atom. The summed E-state index contributed by atoms with van der Waals surface area (Å²) in [6.45, 7) is 6.44. The Morgan fingerprint density at radius 1 is 1.40 bits per heavy atom. The third kappa shape index (κ3) is 2.82. The fourth-order valence-electron chi connectivity index (χ4n) is 1.84. The Kier molecular flexibility index (Phi) is 3.51. The standard InChI is InChI=1S/C13H18O2/c1-4-8-13(2,3)11-7-5-6-10(9-11)12(14)15/h5-7,9H,4,8H2,1-3H3,(H,14,15). The van der Waals surface area contributed by atoms with Crippen LogP contribution in [0.15, 0.2) is 24.3 Å². The molecule has 1 aromatic rings. The highest BCUT2D eigenvalue weighted by Crippen LogP contribution is 2.28. The zero-order chi connectivity index (χ0) is 11.5. The average Bonchev–Trinajstić information content (AvgIpc) is 2.18. The van der Waals surface area contributed by atoms with Crippen molar-refractivity contribution in [2.45, 2.75) is 39.0 Å². The highest BCUT2D eigenvalue weighted by molar-refractivity contribution is 5.87. The number of rotatable bonds is 4. The van der Waals surface area contributed by atoms with Crippen molar-refractivity contribution < 1.29 is 9.90 Å². The van der Waals surface area contributed by atoms with Gasteiger partial charge in [0, 0.05) is 0 Å². The van der Waals surface area contributed by atoms with Crippen LogP contribution in [0.25, 0.3) is 0 Å². The Bertz CT molecular complexity index is 353. The molecule has 0 fully saturated rings. The number of hydrogen-bond acceptors (Lipinski definition) is 1. The Morgan fingerprint density at radius 2 is 2.07 bits per heavy atom. The van der Waals surface area contributed by atoms with Gasteiger partial charge in [0.1, 0.15) is 0 Å². The largest absolute Gasteiger partial charge is 0.478 e. The summed E-state index contributed by atoms with van der Waals surface area (Å²) < 4.78 is 0. The molecule has 0 heterocycles. The van der Waals surface area contributed by atoms with Crippen LogP contribution in [0.2, 0.25) is 0 Å².